The van der Waals surface area contributed by atoms with Gasteiger partial charge >= 0.3 is 6.29 Å². The number of ether oxygens (including phenoxy) is 3. The number of benzene rings is 2. The van der Waals surface area contributed by atoms with Crippen molar-refractivity contribution >= 4 is 21.8 Å². The highest BCUT2D eigenvalue weighted by molar-refractivity contribution is 9.10. The molecule has 8 heteroatoms. The standard InChI is InChI=1S/C22H20BrF2NO4/c23-15-4-1-13(2-5-15)18-12-16(7-10-28-18)26-20(27)21(8-9-21)14-3-6-17-19(11-14)30-22(24,25)29-17/h1-6,11,16,18H,7-10,12H2,(H,26,27)/t16-,18-/m1/s1. The molecule has 158 valence electrons. The molecule has 2 aromatic rings. The Morgan fingerprint density at radius 3 is 2.53 bits per heavy atom. The Labute approximate surface area is 180 Å². The molecule has 5 rings (SSSR count). The summed E-state index contributed by atoms with van der Waals surface area (Å²) in [5, 5.41) is 3.17. The van der Waals surface area contributed by atoms with Crippen molar-refractivity contribution in [2.75, 3.05) is 6.61 Å². The number of rotatable bonds is 4. The molecular formula is C22H20BrF2NO4. The second kappa shape index (κ2) is 7.20. The molecule has 0 bridgehead atoms. The minimum Gasteiger partial charge on any atom is -0.395 e. The molecule has 1 saturated carbocycles. The summed E-state index contributed by atoms with van der Waals surface area (Å²) in [6, 6.07) is 12.6. The lowest BCUT2D eigenvalue weighted by molar-refractivity contribution is -0.286. The van der Waals surface area contributed by atoms with Crippen LogP contribution in [0.1, 0.15) is 42.9 Å². The molecule has 30 heavy (non-hydrogen) atoms. The normalized spacial score (nSPS) is 25.6. The smallest absolute Gasteiger partial charge is 0.395 e. The highest BCUT2D eigenvalue weighted by Gasteiger charge is 2.53. The van der Waals surface area contributed by atoms with Crippen molar-refractivity contribution in [2.45, 2.75) is 49.5 Å². The van der Waals surface area contributed by atoms with E-state index in [1.165, 1.54) is 12.1 Å². The molecule has 2 aliphatic heterocycles. The third-order valence-electron chi connectivity index (χ3n) is 6.00. The van der Waals surface area contributed by atoms with E-state index in [0.29, 0.717) is 31.4 Å². The average Bonchev–Trinajstić information content (AvgIpc) is 3.46. The van der Waals surface area contributed by atoms with Gasteiger partial charge in [-0.05, 0) is 61.1 Å². The number of amides is 1. The van der Waals surface area contributed by atoms with Gasteiger partial charge in [0.05, 0.1) is 11.5 Å². The summed E-state index contributed by atoms with van der Waals surface area (Å²) in [6.07, 6.45) is -0.953. The first kappa shape index (κ1) is 19.8. The van der Waals surface area contributed by atoms with Crippen LogP contribution < -0.4 is 14.8 Å². The number of halogens is 3. The van der Waals surface area contributed by atoms with Gasteiger partial charge in [-0.2, -0.15) is 0 Å². The van der Waals surface area contributed by atoms with Crippen molar-refractivity contribution in [1.82, 2.24) is 5.32 Å². The van der Waals surface area contributed by atoms with Crippen molar-refractivity contribution in [3.8, 4) is 11.5 Å². The van der Waals surface area contributed by atoms with Crippen LogP contribution in [0.4, 0.5) is 8.78 Å². The lowest BCUT2D eigenvalue weighted by Crippen LogP contribution is -2.44. The SMILES string of the molecule is O=C(N[C@@H]1CCO[C@@H](c2ccc(Br)cc2)C1)C1(c2ccc3c(c2)OC(F)(F)O3)CC1. The van der Waals surface area contributed by atoms with E-state index in [9.17, 15) is 13.6 Å². The zero-order chi connectivity index (χ0) is 20.9. The van der Waals surface area contributed by atoms with Gasteiger partial charge in [0.25, 0.3) is 0 Å². The molecule has 0 radical (unpaired) electrons. The molecule has 5 nitrogen and oxygen atoms in total. The number of carbonyl (C=O) groups is 1. The zero-order valence-corrected chi connectivity index (χ0v) is 17.6. The fourth-order valence-corrected chi connectivity index (χ4v) is 4.44. The summed E-state index contributed by atoms with van der Waals surface area (Å²) in [7, 11) is 0. The lowest BCUT2D eigenvalue weighted by atomic mass is 9.92. The largest absolute Gasteiger partial charge is 0.586 e. The number of carbonyl (C=O) groups excluding carboxylic acids is 1. The Bertz CT molecular complexity index is 978. The van der Waals surface area contributed by atoms with E-state index in [1.807, 2.05) is 24.3 Å². The topological polar surface area (TPSA) is 56.8 Å². The zero-order valence-electron chi connectivity index (χ0n) is 16.0. The van der Waals surface area contributed by atoms with E-state index >= 15 is 0 Å². The fraction of sp³-hybridized carbons (Fsp3) is 0.409. The molecular weight excluding hydrogens is 460 g/mol. The first-order chi connectivity index (χ1) is 14.3. The molecule has 1 aliphatic carbocycles. The quantitative estimate of drug-likeness (QED) is 0.681. The van der Waals surface area contributed by atoms with Gasteiger partial charge in [0.1, 0.15) is 0 Å². The summed E-state index contributed by atoms with van der Waals surface area (Å²) in [5.74, 6) is -0.116. The molecule has 2 heterocycles. The molecule has 1 N–H and O–H groups in total. The van der Waals surface area contributed by atoms with Gasteiger partial charge in [0.2, 0.25) is 5.91 Å². The summed E-state index contributed by atoms with van der Waals surface area (Å²) in [4.78, 5) is 13.1. The summed E-state index contributed by atoms with van der Waals surface area (Å²) < 4.78 is 42.5. The number of fused-ring (bicyclic) bond motifs is 1. The van der Waals surface area contributed by atoms with Crippen LogP contribution >= 0.6 is 15.9 Å². The van der Waals surface area contributed by atoms with Crippen molar-refractivity contribution in [3.05, 3.63) is 58.1 Å². The second-order valence-corrected chi connectivity index (χ2v) is 8.93. The maximum absolute atomic E-state index is 13.3. The highest BCUT2D eigenvalue weighted by atomic mass is 79.9. The van der Waals surface area contributed by atoms with E-state index in [0.717, 1.165) is 16.5 Å². The van der Waals surface area contributed by atoms with Gasteiger partial charge in [-0.15, -0.1) is 8.78 Å². The minimum absolute atomic E-state index is 0.00397. The number of nitrogens with one attached hydrogen (secondary N) is 1. The van der Waals surface area contributed by atoms with Crippen LogP contribution in [-0.4, -0.2) is 24.9 Å². The van der Waals surface area contributed by atoms with Crippen molar-refractivity contribution in [1.29, 1.82) is 0 Å². The molecule has 1 amide bonds. The van der Waals surface area contributed by atoms with Crippen molar-refractivity contribution < 1.29 is 27.8 Å². The van der Waals surface area contributed by atoms with Gasteiger partial charge in [0, 0.05) is 17.1 Å². The van der Waals surface area contributed by atoms with E-state index in [-0.39, 0.29) is 29.6 Å². The van der Waals surface area contributed by atoms with Gasteiger partial charge in [-0.25, -0.2) is 0 Å². The number of hydrogen-bond donors (Lipinski definition) is 1. The molecule has 2 aromatic carbocycles. The van der Waals surface area contributed by atoms with E-state index < -0.39 is 11.7 Å². The second-order valence-electron chi connectivity index (χ2n) is 8.02. The van der Waals surface area contributed by atoms with Crippen LogP contribution in [0, 0.1) is 0 Å². The summed E-state index contributed by atoms with van der Waals surface area (Å²) in [6.45, 7) is 0.567. The predicted octanol–water partition coefficient (Wildman–Crippen LogP) is 4.84. The summed E-state index contributed by atoms with van der Waals surface area (Å²) >= 11 is 3.43. The maximum atomic E-state index is 13.3. The van der Waals surface area contributed by atoms with E-state index in [1.54, 1.807) is 6.07 Å². The molecule has 0 aromatic heterocycles. The minimum atomic E-state index is -3.66. The van der Waals surface area contributed by atoms with Crippen LogP contribution in [0.3, 0.4) is 0 Å². The monoisotopic (exact) mass is 479 g/mol. The fourth-order valence-electron chi connectivity index (χ4n) is 4.18. The molecule has 3 aliphatic rings. The van der Waals surface area contributed by atoms with Crippen LogP contribution in [0.5, 0.6) is 11.5 Å². The van der Waals surface area contributed by atoms with Crippen molar-refractivity contribution in [2.24, 2.45) is 0 Å². The molecule has 2 atom stereocenters. The third-order valence-corrected chi connectivity index (χ3v) is 6.53. The Morgan fingerprint density at radius 2 is 1.80 bits per heavy atom. The Kier molecular flexibility index (Phi) is 4.74. The van der Waals surface area contributed by atoms with Gasteiger partial charge in [0.15, 0.2) is 11.5 Å². The average molecular weight is 480 g/mol. The first-order valence-electron chi connectivity index (χ1n) is 9.93. The number of alkyl halides is 2. The predicted molar refractivity (Wildman–Crippen MR) is 108 cm³/mol. The Balaban J connectivity index is 1.28. The van der Waals surface area contributed by atoms with Crippen LogP contribution in [0.15, 0.2) is 46.9 Å². The van der Waals surface area contributed by atoms with Gasteiger partial charge in [-0.3, -0.25) is 4.79 Å². The van der Waals surface area contributed by atoms with Gasteiger partial charge < -0.3 is 19.5 Å². The molecule has 2 fully saturated rings. The van der Waals surface area contributed by atoms with Gasteiger partial charge in [-0.1, -0.05) is 34.1 Å². The highest BCUT2D eigenvalue weighted by Crippen LogP contribution is 2.52. The van der Waals surface area contributed by atoms with E-state index in [4.69, 9.17) is 4.74 Å². The van der Waals surface area contributed by atoms with Crippen LogP contribution in [0.2, 0.25) is 0 Å². The lowest BCUT2D eigenvalue weighted by Gasteiger charge is -2.31. The molecule has 0 unspecified atom stereocenters. The Hall–Kier alpha value is -2.19. The first-order valence-corrected chi connectivity index (χ1v) is 10.7. The maximum Gasteiger partial charge on any atom is 0.586 e. The molecule has 1 saturated heterocycles. The van der Waals surface area contributed by atoms with Crippen LogP contribution in [0.25, 0.3) is 0 Å². The van der Waals surface area contributed by atoms with Crippen LogP contribution in [-0.2, 0) is 14.9 Å². The summed E-state index contributed by atoms with van der Waals surface area (Å²) in [5.41, 5.74) is 1.06. The number of hydrogen-bond acceptors (Lipinski definition) is 4. The van der Waals surface area contributed by atoms with E-state index in [2.05, 4.69) is 30.7 Å². The molecule has 0 spiro atoms. The third kappa shape index (κ3) is 3.67. The Morgan fingerprint density at radius 1 is 1.07 bits per heavy atom. The van der Waals surface area contributed by atoms with Crippen molar-refractivity contribution in [3.63, 3.8) is 0 Å².